The highest BCUT2D eigenvalue weighted by Crippen LogP contribution is 2.26. The molecule has 1 aliphatic rings. The Bertz CT molecular complexity index is 326. The highest BCUT2D eigenvalue weighted by atomic mass is 16.6. The lowest BCUT2D eigenvalue weighted by Crippen LogP contribution is -2.44. The number of rotatable bonds is 6. The summed E-state index contributed by atoms with van der Waals surface area (Å²) in [6.07, 6.45) is 3.56. The number of aliphatic hydroxyl groups is 1. The Morgan fingerprint density at radius 1 is 1.33 bits per heavy atom. The first kappa shape index (κ1) is 18.2. The summed E-state index contributed by atoms with van der Waals surface area (Å²) < 4.78 is 5.26. The van der Waals surface area contributed by atoms with Crippen molar-refractivity contribution in [3.8, 4) is 0 Å². The smallest absolute Gasteiger partial charge is 0.407 e. The second kappa shape index (κ2) is 7.99. The molecule has 0 aromatic rings. The molecule has 0 heterocycles. The highest BCUT2D eigenvalue weighted by molar-refractivity contribution is 5.67. The number of hydrogen-bond donors (Lipinski definition) is 3. The maximum absolute atomic E-state index is 11.7. The molecule has 0 saturated heterocycles. The molecule has 1 rings (SSSR count). The van der Waals surface area contributed by atoms with Crippen LogP contribution in [0.25, 0.3) is 0 Å². The van der Waals surface area contributed by atoms with Crippen molar-refractivity contribution in [2.24, 2.45) is 5.92 Å². The average molecular weight is 300 g/mol. The monoisotopic (exact) mass is 300 g/mol. The summed E-state index contributed by atoms with van der Waals surface area (Å²) >= 11 is 0. The topological polar surface area (TPSA) is 70.6 Å². The molecular formula is C16H32N2O3. The van der Waals surface area contributed by atoms with E-state index in [1.54, 1.807) is 0 Å². The Morgan fingerprint density at radius 2 is 2.00 bits per heavy atom. The van der Waals surface area contributed by atoms with Gasteiger partial charge in [-0.15, -0.1) is 0 Å². The van der Waals surface area contributed by atoms with Crippen LogP contribution in [-0.4, -0.2) is 41.5 Å². The zero-order valence-corrected chi connectivity index (χ0v) is 14.1. The van der Waals surface area contributed by atoms with Gasteiger partial charge in [0.05, 0.1) is 6.10 Å². The van der Waals surface area contributed by atoms with Crippen molar-refractivity contribution in [1.29, 1.82) is 0 Å². The van der Waals surface area contributed by atoms with Crippen molar-refractivity contribution < 1.29 is 14.6 Å². The Morgan fingerprint density at radius 3 is 2.57 bits per heavy atom. The Balaban J connectivity index is 2.35. The number of ether oxygens (including phenoxy) is 1. The largest absolute Gasteiger partial charge is 0.444 e. The molecule has 5 nitrogen and oxygen atoms in total. The van der Waals surface area contributed by atoms with Crippen LogP contribution in [0.1, 0.15) is 60.3 Å². The van der Waals surface area contributed by atoms with E-state index in [0.717, 1.165) is 19.3 Å². The van der Waals surface area contributed by atoms with E-state index in [1.165, 1.54) is 6.42 Å². The summed E-state index contributed by atoms with van der Waals surface area (Å²) in [6, 6.07) is 0.700. The van der Waals surface area contributed by atoms with Crippen molar-refractivity contribution in [3.05, 3.63) is 0 Å². The molecule has 21 heavy (non-hydrogen) atoms. The van der Waals surface area contributed by atoms with Crippen LogP contribution >= 0.6 is 0 Å². The second-order valence-corrected chi connectivity index (χ2v) is 7.33. The van der Waals surface area contributed by atoms with Crippen molar-refractivity contribution in [2.45, 2.75) is 84.1 Å². The van der Waals surface area contributed by atoms with E-state index in [0.29, 0.717) is 18.5 Å². The van der Waals surface area contributed by atoms with Crippen molar-refractivity contribution in [3.63, 3.8) is 0 Å². The number of nitrogens with one attached hydrogen (secondary N) is 2. The van der Waals surface area contributed by atoms with Gasteiger partial charge in [-0.05, 0) is 59.8 Å². The molecule has 124 valence electrons. The third-order valence-corrected chi connectivity index (χ3v) is 3.76. The van der Waals surface area contributed by atoms with E-state index >= 15 is 0 Å². The maximum Gasteiger partial charge on any atom is 0.407 e. The van der Waals surface area contributed by atoms with Crippen LogP contribution in [0.3, 0.4) is 0 Å². The van der Waals surface area contributed by atoms with E-state index in [-0.39, 0.29) is 18.2 Å². The van der Waals surface area contributed by atoms with Gasteiger partial charge >= 0.3 is 6.09 Å². The number of carbonyl (C=O) groups is 1. The summed E-state index contributed by atoms with van der Waals surface area (Å²) in [5.74, 6) is 0.439. The summed E-state index contributed by atoms with van der Waals surface area (Å²) in [4.78, 5) is 11.7. The second-order valence-electron chi connectivity index (χ2n) is 7.33. The van der Waals surface area contributed by atoms with E-state index in [9.17, 15) is 9.90 Å². The first-order valence-electron chi connectivity index (χ1n) is 8.08. The normalized spacial score (nSPS) is 25.4. The van der Waals surface area contributed by atoms with Gasteiger partial charge in [-0.1, -0.05) is 6.42 Å². The predicted octanol–water partition coefficient (Wildman–Crippen LogP) is 2.43. The fourth-order valence-electron chi connectivity index (χ4n) is 2.97. The van der Waals surface area contributed by atoms with E-state index < -0.39 is 5.60 Å². The minimum Gasteiger partial charge on any atom is -0.444 e. The van der Waals surface area contributed by atoms with Crippen LogP contribution in [-0.2, 0) is 4.74 Å². The Kier molecular flexibility index (Phi) is 6.94. The molecule has 5 heteroatoms. The van der Waals surface area contributed by atoms with Gasteiger partial charge in [0.2, 0.25) is 0 Å². The minimum atomic E-state index is -0.455. The van der Waals surface area contributed by atoms with Gasteiger partial charge in [-0.25, -0.2) is 4.79 Å². The molecule has 0 spiro atoms. The third kappa shape index (κ3) is 7.67. The van der Waals surface area contributed by atoms with Gasteiger partial charge in [0.15, 0.2) is 0 Å². The number of amides is 1. The van der Waals surface area contributed by atoms with Crippen molar-refractivity contribution in [1.82, 2.24) is 10.6 Å². The molecule has 1 amide bonds. The molecule has 4 unspecified atom stereocenters. The van der Waals surface area contributed by atoms with Gasteiger partial charge in [-0.2, -0.15) is 0 Å². The van der Waals surface area contributed by atoms with Crippen LogP contribution in [0.2, 0.25) is 0 Å². The van der Waals surface area contributed by atoms with E-state index in [1.807, 2.05) is 27.7 Å². The molecule has 4 atom stereocenters. The lowest BCUT2D eigenvalue weighted by atomic mass is 10.0. The molecule has 1 saturated carbocycles. The van der Waals surface area contributed by atoms with E-state index in [2.05, 4.69) is 17.6 Å². The van der Waals surface area contributed by atoms with E-state index in [4.69, 9.17) is 4.74 Å². The highest BCUT2D eigenvalue weighted by Gasteiger charge is 2.29. The summed E-state index contributed by atoms with van der Waals surface area (Å²) in [5.41, 5.74) is -0.455. The zero-order chi connectivity index (χ0) is 16.0. The lowest BCUT2D eigenvalue weighted by molar-refractivity contribution is 0.0517. The molecule has 0 aromatic carbocycles. The van der Waals surface area contributed by atoms with Gasteiger partial charge in [-0.3, -0.25) is 0 Å². The number of alkyl carbamates (subject to hydrolysis) is 1. The van der Waals surface area contributed by atoms with Crippen LogP contribution in [0.15, 0.2) is 0 Å². The number of carbonyl (C=O) groups excluding carboxylic acids is 1. The number of hydrogen-bond acceptors (Lipinski definition) is 4. The molecular weight excluding hydrogens is 268 g/mol. The summed E-state index contributed by atoms with van der Waals surface area (Å²) in [7, 11) is 0. The fourth-order valence-corrected chi connectivity index (χ4v) is 2.97. The summed E-state index contributed by atoms with van der Waals surface area (Å²) in [5, 5.41) is 15.9. The lowest BCUT2D eigenvalue weighted by Gasteiger charge is -2.26. The van der Waals surface area contributed by atoms with Gasteiger partial charge < -0.3 is 20.5 Å². The predicted molar refractivity (Wildman–Crippen MR) is 84.3 cm³/mol. The SMILES string of the molecule is CC(O)CC(C)NC1CCCC1CNC(=O)OC(C)(C)C. The number of aliphatic hydroxyl groups excluding tert-OH is 1. The molecule has 1 aliphatic carbocycles. The Hall–Kier alpha value is -0.810. The maximum atomic E-state index is 11.7. The molecule has 0 aliphatic heterocycles. The molecule has 0 aromatic heterocycles. The molecule has 1 fully saturated rings. The van der Waals surface area contributed by atoms with Crippen molar-refractivity contribution in [2.75, 3.05) is 6.54 Å². The molecule has 0 radical (unpaired) electrons. The first-order chi connectivity index (χ1) is 9.67. The zero-order valence-electron chi connectivity index (χ0n) is 14.1. The van der Waals surface area contributed by atoms with Crippen molar-refractivity contribution >= 4 is 6.09 Å². The minimum absolute atomic E-state index is 0.285. The molecule has 3 N–H and O–H groups in total. The van der Waals surface area contributed by atoms with Crippen LogP contribution in [0.4, 0.5) is 4.79 Å². The van der Waals surface area contributed by atoms with Crippen LogP contribution in [0, 0.1) is 5.92 Å². The van der Waals surface area contributed by atoms with Gasteiger partial charge in [0.1, 0.15) is 5.60 Å². The average Bonchev–Trinajstić information content (AvgIpc) is 2.70. The Labute approximate surface area is 128 Å². The van der Waals surface area contributed by atoms with Gasteiger partial charge in [0, 0.05) is 18.6 Å². The van der Waals surface area contributed by atoms with Crippen LogP contribution in [0.5, 0.6) is 0 Å². The fraction of sp³-hybridized carbons (Fsp3) is 0.938. The van der Waals surface area contributed by atoms with Crippen LogP contribution < -0.4 is 10.6 Å². The summed E-state index contributed by atoms with van der Waals surface area (Å²) in [6.45, 7) is 10.2. The quantitative estimate of drug-likeness (QED) is 0.704. The first-order valence-corrected chi connectivity index (χ1v) is 8.08. The molecule has 0 bridgehead atoms. The standard InChI is InChI=1S/C16H32N2O3/c1-11(9-12(2)19)18-14-8-6-7-13(14)10-17-15(20)21-16(3,4)5/h11-14,18-19H,6-10H2,1-5H3,(H,17,20). The van der Waals surface area contributed by atoms with Gasteiger partial charge in [0.25, 0.3) is 0 Å². The third-order valence-electron chi connectivity index (χ3n) is 3.76.